The highest BCUT2D eigenvalue weighted by molar-refractivity contribution is 6.53. The van der Waals surface area contributed by atoms with E-state index in [4.69, 9.17) is 23.2 Å². The first-order valence-electron chi connectivity index (χ1n) is 6.41. The molecule has 2 aliphatic carbocycles. The Kier molecular flexibility index (Phi) is 2.76. The lowest BCUT2D eigenvalue weighted by Crippen LogP contribution is -2.32. The third-order valence-electron chi connectivity index (χ3n) is 3.37. The molecule has 19 heavy (non-hydrogen) atoms. The summed E-state index contributed by atoms with van der Waals surface area (Å²) in [5, 5.41) is 0. The van der Waals surface area contributed by atoms with Crippen LogP contribution in [0.3, 0.4) is 0 Å². The van der Waals surface area contributed by atoms with Gasteiger partial charge in [-0.15, -0.1) is 0 Å². The fraction of sp³-hybridized carbons (Fsp3) is 0.333. The summed E-state index contributed by atoms with van der Waals surface area (Å²) in [7, 11) is -1.54. The van der Waals surface area contributed by atoms with E-state index >= 15 is 0 Å². The van der Waals surface area contributed by atoms with Crippen molar-refractivity contribution in [2.45, 2.75) is 25.0 Å². The Labute approximate surface area is 111 Å². The molecule has 0 aromatic carbocycles. The van der Waals surface area contributed by atoms with Gasteiger partial charge in [-0.1, -0.05) is 24.3 Å². The van der Waals surface area contributed by atoms with Crippen molar-refractivity contribution in [3.8, 4) is 0 Å². The average molecular weight is 258 g/mol. The molecule has 2 fully saturated rings. The monoisotopic (exact) mass is 258 g/mol. The van der Waals surface area contributed by atoms with Gasteiger partial charge in [-0.3, -0.25) is 0 Å². The zero-order chi connectivity index (χ0) is 12.7. The van der Waals surface area contributed by atoms with Crippen LogP contribution < -0.4 is 0 Å². The van der Waals surface area contributed by atoms with Crippen LogP contribution in [0, 0.1) is 0 Å². The van der Waals surface area contributed by atoms with Crippen molar-refractivity contribution in [3.63, 3.8) is 0 Å². The second kappa shape index (κ2) is 4.59. The molecular weight excluding hydrogens is 246 g/mol. The van der Waals surface area contributed by atoms with Crippen LogP contribution >= 0.6 is 0 Å². The van der Waals surface area contributed by atoms with Crippen molar-refractivity contribution in [1.29, 1.82) is 0 Å². The summed E-state index contributed by atoms with van der Waals surface area (Å²) in [6, 6.07) is 0. The number of allylic oxidation sites excluding steroid dienone is 4. The second-order valence-electron chi connectivity index (χ2n) is 4.66. The van der Waals surface area contributed by atoms with Crippen LogP contribution in [0.4, 0.5) is 0 Å². The fourth-order valence-corrected chi connectivity index (χ4v) is 2.41. The van der Waals surface area contributed by atoms with Crippen LogP contribution in [-0.4, -0.2) is 26.9 Å². The van der Waals surface area contributed by atoms with Crippen LogP contribution in [0.15, 0.2) is 48.0 Å². The van der Waals surface area contributed by atoms with E-state index in [0.29, 0.717) is 0 Å². The van der Waals surface area contributed by atoms with E-state index in [1.54, 1.807) is 0 Å². The molecule has 2 unspecified atom stereocenters. The Morgan fingerprint density at radius 1 is 0.895 bits per heavy atom. The van der Waals surface area contributed by atoms with Gasteiger partial charge in [0.15, 0.2) is 0 Å². The number of fused-ring (bicyclic) bond motifs is 2. The van der Waals surface area contributed by atoms with E-state index in [2.05, 4.69) is 0 Å². The van der Waals surface area contributed by atoms with Crippen LogP contribution in [0.1, 0.15) is 12.8 Å². The van der Waals surface area contributed by atoms with Gasteiger partial charge >= 0.3 is 14.6 Å². The van der Waals surface area contributed by atoms with Gasteiger partial charge in [-0.05, 0) is 25.0 Å². The molecule has 7 heteroatoms. The van der Waals surface area contributed by atoms with Gasteiger partial charge in [0.1, 0.15) is 23.7 Å². The van der Waals surface area contributed by atoms with Gasteiger partial charge in [-0.2, -0.15) is 0 Å². The summed E-state index contributed by atoms with van der Waals surface area (Å²) < 4.78 is 27.9. The van der Waals surface area contributed by atoms with Gasteiger partial charge in [0, 0.05) is 0 Å². The van der Waals surface area contributed by atoms with Gasteiger partial charge in [0.2, 0.25) is 0 Å². The van der Waals surface area contributed by atoms with Crippen molar-refractivity contribution in [1.82, 2.24) is 0 Å². The van der Waals surface area contributed by atoms with Crippen LogP contribution in [0.5, 0.6) is 0 Å². The maximum atomic E-state index is 5.62. The van der Waals surface area contributed by atoms with E-state index in [-0.39, 0.29) is 12.2 Å². The minimum atomic E-state index is -0.769. The van der Waals surface area contributed by atoms with E-state index in [9.17, 15) is 0 Å². The quantitative estimate of drug-likeness (QED) is 0.702. The zero-order valence-corrected chi connectivity index (χ0v) is 10.2. The summed E-state index contributed by atoms with van der Waals surface area (Å²) in [6.07, 6.45) is 13.2. The lowest BCUT2D eigenvalue weighted by molar-refractivity contribution is 0.170. The lowest BCUT2D eigenvalue weighted by atomic mass is 10.1. The Bertz CT molecular complexity index is 454. The highest BCUT2D eigenvalue weighted by Crippen LogP contribution is 2.30. The molecule has 2 atom stereocenters. The molecule has 0 aromatic rings. The third kappa shape index (κ3) is 2.14. The van der Waals surface area contributed by atoms with E-state index in [1.165, 1.54) is 0 Å². The lowest BCUT2D eigenvalue weighted by Gasteiger charge is -2.08. The van der Waals surface area contributed by atoms with Crippen LogP contribution in [-0.2, 0) is 23.2 Å². The van der Waals surface area contributed by atoms with Crippen molar-refractivity contribution in [2.24, 2.45) is 0 Å². The van der Waals surface area contributed by atoms with Gasteiger partial charge < -0.3 is 23.2 Å². The molecule has 4 rings (SSSR count). The van der Waals surface area contributed by atoms with E-state index in [0.717, 1.165) is 24.4 Å². The van der Waals surface area contributed by atoms with Crippen molar-refractivity contribution >= 4 is 14.6 Å². The molecule has 5 nitrogen and oxygen atoms in total. The predicted molar refractivity (Wildman–Crippen MR) is 68.2 cm³/mol. The molecule has 2 aliphatic heterocycles. The van der Waals surface area contributed by atoms with E-state index < -0.39 is 14.6 Å². The number of rotatable bonds is 2. The molecule has 2 heterocycles. The van der Waals surface area contributed by atoms with Crippen LogP contribution in [0.25, 0.3) is 0 Å². The minimum Gasteiger partial charge on any atom is -0.514 e. The first-order chi connectivity index (χ1) is 9.38. The third-order valence-corrected chi connectivity index (χ3v) is 3.37. The van der Waals surface area contributed by atoms with Crippen molar-refractivity contribution in [2.75, 3.05) is 0 Å². The molecule has 0 saturated carbocycles. The number of hydrogen-bond donors (Lipinski definition) is 0. The standard InChI is InChI=1S/C12H12B2O5/c1-2-6-10-9(5-1)15-13(16-10)19-14-17-11-7-3-4-8-12(11)18-14/h1-5,7,10,12H,6,8H2. The molecule has 0 N–H and O–H groups in total. The Balaban J connectivity index is 1.37. The largest absolute Gasteiger partial charge is 0.702 e. The molecule has 2 saturated heterocycles. The molecule has 96 valence electrons. The summed E-state index contributed by atoms with van der Waals surface area (Å²) >= 11 is 0. The highest BCUT2D eigenvalue weighted by atomic mass is 16.8. The molecule has 0 spiro atoms. The molecular formula is C12H12B2O5. The van der Waals surface area contributed by atoms with Crippen LogP contribution in [0.2, 0.25) is 0 Å². The average Bonchev–Trinajstić information content (AvgIpc) is 3.00. The Hall–Kier alpha value is -1.43. The fourth-order valence-electron chi connectivity index (χ4n) is 2.41. The maximum absolute atomic E-state index is 5.62. The first-order valence-corrected chi connectivity index (χ1v) is 6.41. The van der Waals surface area contributed by atoms with Crippen molar-refractivity contribution in [3.05, 3.63) is 48.0 Å². The zero-order valence-electron chi connectivity index (χ0n) is 10.2. The highest BCUT2D eigenvalue weighted by Gasteiger charge is 2.48. The molecule has 0 aromatic heterocycles. The smallest absolute Gasteiger partial charge is 0.514 e. The Morgan fingerprint density at radius 2 is 1.42 bits per heavy atom. The summed E-state index contributed by atoms with van der Waals surface area (Å²) in [6.45, 7) is 0. The van der Waals surface area contributed by atoms with Gasteiger partial charge in [0.05, 0.1) is 0 Å². The topological polar surface area (TPSA) is 46.2 Å². The van der Waals surface area contributed by atoms with Crippen molar-refractivity contribution < 1.29 is 23.2 Å². The predicted octanol–water partition coefficient (Wildman–Crippen LogP) is 1.49. The molecule has 4 aliphatic rings. The second-order valence-corrected chi connectivity index (χ2v) is 4.66. The van der Waals surface area contributed by atoms with Gasteiger partial charge in [-0.25, -0.2) is 0 Å². The summed E-state index contributed by atoms with van der Waals surface area (Å²) in [4.78, 5) is 0. The maximum Gasteiger partial charge on any atom is 0.702 e. The normalized spacial score (nSPS) is 31.4. The summed E-state index contributed by atoms with van der Waals surface area (Å²) in [5.41, 5.74) is 0. The van der Waals surface area contributed by atoms with E-state index in [1.807, 2.05) is 36.5 Å². The Morgan fingerprint density at radius 3 is 1.89 bits per heavy atom. The SMILES string of the molecule is C1=CCC2OB(OB3OC4=CC=CCC4O3)OC2=C1. The minimum absolute atomic E-state index is 0.0560. The summed E-state index contributed by atoms with van der Waals surface area (Å²) in [5.74, 6) is 1.59. The number of hydrogen-bond acceptors (Lipinski definition) is 5. The first kappa shape index (κ1) is 11.4. The molecule has 0 radical (unpaired) electrons. The molecule has 0 bridgehead atoms. The molecule has 0 amide bonds. The van der Waals surface area contributed by atoms with Gasteiger partial charge in [0.25, 0.3) is 0 Å².